The lowest BCUT2D eigenvalue weighted by Gasteiger charge is -2.14. The molecule has 2 amide bonds. The van der Waals surface area contributed by atoms with Gasteiger partial charge in [-0.15, -0.1) is 0 Å². The lowest BCUT2D eigenvalue weighted by Crippen LogP contribution is -2.34. The highest BCUT2D eigenvalue weighted by atomic mass is 32.1. The average molecular weight is 458 g/mol. The third-order valence-electron chi connectivity index (χ3n) is 4.46. The summed E-state index contributed by atoms with van der Waals surface area (Å²) >= 11 is 5.29. The maximum atomic E-state index is 12.7. The van der Waals surface area contributed by atoms with Crippen molar-refractivity contribution in [3.05, 3.63) is 54.1 Å². The first kappa shape index (κ1) is 25.3. The molecule has 2 rings (SSSR count). The lowest BCUT2D eigenvalue weighted by molar-refractivity contribution is -0.116. The first-order valence-electron chi connectivity index (χ1n) is 10.8. The fourth-order valence-electron chi connectivity index (χ4n) is 2.90. The number of carbonyl (C=O) groups is 2. The Morgan fingerprint density at radius 2 is 1.69 bits per heavy atom. The van der Waals surface area contributed by atoms with Gasteiger partial charge in [0.15, 0.2) is 5.11 Å². The summed E-state index contributed by atoms with van der Waals surface area (Å²) in [5.74, 6) is 0.0580. The van der Waals surface area contributed by atoms with Crippen molar-refractivity contribution in [2.45, 2.75) is 39.5 Å². The number of ether oxygens (including phenoxy) is 2. The van der Waals surface area contributed by atoms with E-state index in [0.29, 0.717) is 48.9 Å². The van der Waals surface area contributed by atoms with Gasteiger partial charge < -0.3 is 20.1 Å². The van der Waals surface area contributed by atoms with Gasteiger partial charge in [0.05, 0.1) is 12.2 Å². The Morgan fingerprint density at radius 1 is 0.938 bits per heavy atom. The summed E-state index contributed by atoms with van der Waals surface area (Å²) in [6, 6.07) is 14.1. The van der Waals surface area contributed by atoms with Gasteiger partial charge in [-0.25, -0.2) is 0 Å². The van der Waals surface area contributed by atoms with Crippen molar-refractivity contribution < 1.29 is 19.1 Å². The zero-order chi connectivity index (χ0) is 23.2. The van der Waals surface area contributed by atoms with Gasteiger partial charge in [-0.1, -0.05) is 38.0 Å². The smallest absolute Gasteiger partial charge is 0.261 e. The van der Waals surface area contributed by atoms with E-state index in [1.165, 1.54) is 0 Å². The molecule has 8 heteroatoms. The van der Waals surface area contributed by atoms with Gasteiger partial charge in [0, 0.05) is 24.4 Å². The summed E-state index contributed by atoms with van der Waals surface area (Å²) < 4.78 is 10.9. The quantitative estimate of drug-likeness (QED) is 0.315. The van der Waals surface area contributed by atoms with Crippen LogP contribution in [0.25, 0.3) is 0 Å². The second kappa shape index (κ2) is 14.2. The van der Waals surface area contributed by atoms with Crippen molar-refractivity contribution in [2.75, 3.05) is 30.5 Å². The number of anilines is 2. The highest BCUT2D eigenvalue weighted by molar-refractivity contribution is 7.80. The predicted molar refractivity (Wildman–Crippen MR) is 131 cm³/mol. The molecule has 0 unspecified atom stereocenters. The minimum absolute atomic E-state index is 0.0209. The van der Waals surface area contributed by atoms with Crippen molar-refractivity contribution in [1.29, 1.82) is 0 Å². The molecule has 2 aromatic carbocycles. The van der Waals surface area contributed by atoms with Crippen molar-refractivity contribution in [2.24, 2.45) is 0 Å². The molecule has 0 bridgehead atoms. The van der Waals surface area contributed by atoms with Crippen molar-refractivity contribution >= 4 is 40.5 Å². The Kier molecular flexibility index (Phi) is 11.2. The third-order valence-corrected chi connectivity index (χ3v) is 4.66. The van der Waals surface area contributed by atoms with Crippen molar-refractivity contribution in [1.82, 2.24) is 5.32 Å². The molecule has 0 aliphatic heterocycles. The largest absolute Gasteiger partial charge is 0.490 e. The Balaban J connectivity index is 1.91. The number of nitrogens with one attached hydrogen (secondary N) is 3. The fourth-order valence-corrected chi connectivity index (χ4v) is 3.11. The third kappa shape index (κ3) is 9.03. The van der Waals surface area contributed by atoms with E-state index in [4.69, 9.17) is 21.7 Å². The molecule has 172 valence electrons. The summed E-state index contributed by atoms with van der Waals surface area (Å²) in [4.78, 5) is 24.7. The number of para-hydroxylation sites is 1. The summed E-state index contributed by atoms with van der Waals surface area (Å²) in [5, 5.41) is 8.66. The number of carbonyl (C=O) groups excluding carboxylic acids is 2. The number of rotatable bonds is 12. The molecule has 0 saturated carbocycles. The van der Waals surface area contributed by atoms with Gasteiger partial charge >= 0.3 is 0 Å². The van der Waals surface area contributed by atoms with Crippen LogP contribution in [-0.2, 0) is 9.53 Å². The van der Waals surface area contributed by atoms with E-state index in [0.717, 1.165) is 19.3 Å². The van der Waals surface area contributed by atoms with Crippen LogP contribution in [0.15, 0.2) is 48.5 Å². The molecule has 0 radical (unpaired) electrons. The summed E-state index contributed by atoms with van der Waals surface area (Å²) in [7, 11) is 0. The minimum Gasteiger partial charge on any atom is -0.490 e. The first-order valence-corrected chi connectivity index (χ1v) is 11.3. The topological polar surface area (TPSA) is 88.7 Å². The summed E-state index contributed by atoms with van der Waals surface area (Å²) in [5.41, 5.74) is 1.70. The van der Waals surface area contributed by atoms with E-state index in [1.807, 2.05) is 6.92 Å². The van der Waals surface area contributed by atoms with Crippen LogP contribution >= 0.6 is 12.2 Å². The highest BCUT2D eigenvalue weighted by Gasteiger charge is 2.14. The van der Waals surface area contributed by atoms with Gasteiger partial charge in [0.2, 0.25) is 5.91 Å². The molecule has 0 aliphatic carbocycles. The van der Waals surface area contributed by atoms with Crippen LogP contribution < -0.4 is 20.7 Å². The number of thiocarbonyl (C=S) groups is 1. The summed E-state index contributed by atoms with van der Waals surface area (Å²) in [6.45, 7) is 5.40. The fraction of sp³-hybridized carbons (Fsp3) is 0.375. The van der Waals surface area contributed by atoms with Crippen LogP contribution in [0.2, 0.25) is 0 Å². The Morgan fingerprint density at radius 3 is 2.44 bits per heavy atom. The average Bonchev–Trinajstić information content (AvgIpc) is 2.77. The molecule has 0 fully saturated rings. The van der Waals surface area contributed by atoms with E-state index in [9.17, 15) is 9.59 Å². The molecule has 0 atom stereocenters. The predicted octanol–water partition coefficient (Wildman–Crippen LogP) is 4.75. The van der Waals surface area contributed by atoms with Crippen LogP contribution in [0.4, 0.5) is 11.4 Å². The first-order chi connectivity index (χ1) is 15.5. The zero-order valence-corrected chi connectivity index (χ0v) is 19.4. The Labute approximate surface area is 194 Å². The lowest BCUT2D eigenvalue weighted by atomic mass is 10.2. The minimum atomic E-state index is -0.380. The number of hydrogen-bond donors (Lipinski definition) is 3. The standard InChI is InChI=1S/C24H31N3O4S/c1-3-5-6-14-22(28)25-18-10-9-11-19(17-18)26-24(32)27-23(29)20-12-7-8-13-21(20)31-16-15-30-4-2/h7-13,17H,3-6,14-16H2,1-2H3,(H,25,28)(H2,26,27,29,32). The number of benzene rings is 2. The van der Waals surface area contributed by atoms with E-state index in [-0.39, 0.29) is 16.9 Å². The molecule has 0 spiro atoms. The molecular formula is C24H31N3O4S. The van der Waals surface area contributed by atoms with Crippen LogP contribution in [0, 0.1) is 0 Å². The Hall–Kier alpha value is -2.97. The van der Waals surface area contributed by atoms with Gasteiger partial charge in [0.1, 0.15) is 12.4 Å². The van der Waals surface area contributed by atoms with E-state index < -0.39 is 0 Å². The van der Waals surface area contributed by atoms with Crippen LogP contribution in [0.3, 0.4) is 0 Å². The van der Waals surface area contributed by atoms with Gasteiger partial charge in [0.25, 0.3) is 5.91 Å². The number of hydrogen-bond acceptors (Lipinski definition) is 5. The molecular weight excluding hydrogens is 426 g/mol. The van der Waals surface area contributed by atoms with Crippen LogP contribution in [-0.4, -0.2) is 36.7 Å². The SMILES string of the molecule is CCCCCC(=O)Nc1cccc(NC(=S)NC(=O)c2ccccc2OCCOCC)c1. The molecule has 32 heavy (non-hydrogen) atoms. The van der Waals surface area contributed by atoms with Crippen LogP contribution in [0.1, 0.15) is 49.9 Å². The number of amides is 2. The van der Waals surface area contributed by atoms with Crippen molar-refractivity contribution in [3.8, 4) is 5.75 Å². The van der Waals surface area contributed by atoms with Gasteiger partial charge in [-0.2, -0.15) is 0 Å². The van der Waals surface area contributed by atoms with E-state index in [1.54, 1.807) is 48.5 Å². The van der Waals surface area contributed by atoms with Gasteiger partial charge in [-0.3, -0.25) is 14.9 Å². The van der Waals surface area contributed by atoms with Crippen molar-refractivity contribution in [3.63, 3.8) is 0 Å². The normalized spacial score (nSPS) is 10.3. The Bertz CT molecular complexity index is 904. The molecule has 2 aromatic rings. The highest BCUT2D eigenvalue weighted by Crippen LogP contribution is 2.19. The number of unbranched alkanes of at least 4 members (excludes halogenated alkanes) is 2. The van der Waals surface area contributed by atoms with Gasteiger partial charge in [-0.05, 0) is 55.9 Å². The van der Waals surface area contributed by atoms with E-state index >= 15 is 0 Å². The van der Waals surface area contributed by atoms with E-state index in [2.05, 4.69) is 22.9 Å². The zero-order valence-electron chi connectivity index (χ0n) is 18.6. The molecule has 7 nitrogen and oxygen atoms in total. The molecule has 0 aliphatic rings. The maximum absolute atomic E-state index is 12.7. The van der Waals surface area contributed by atoms with Crippen LogP contribution in [0.5, 0.6) is 5.75 Å². The molecule has 3 N–H and O–H groups in total. The second-order valence-corrected chi connectivity index (χ2v) is 7.44. The molecule has 0 saturated heterocycles. The maximum Gasteiger partial charge on any atom is 0.261 e. The monoisotopic (exact) mass is 457 g/mol. The molecule has 0 heterocycles. The second-order valence-electron chi connectivity index (χ2n) is 7.04. The molecule has 0 aromatic heterocycles. The summed E-state index contributed by atoms with van der Waals surface area (Å²) in [6.07, 6.45) is 3.46.